The molecule has 2 rings (SSSR count). The summed E-state index contributed by atoms with van der Waals surface area (Å²) in [7, 11) is 0. The van der Waals surface area contributed by atoms with Crippen molar-refractivity contribution in [2.24, 2.45) is 0 Å². The zero-order valence-corrected chi connectivity index (χ0v) is 8.27. The van der Waals surface area contributed by atoms with Gasteiger partial charge in [0.15, 0.2) is 0 Å². The minimum Gasteiger partial charge on any atom is -0.378 e. The normalized spacial score (nSPS) is 20.4. The molecule has 76 valence electrons. The van der Waals surface area contributed by atoms with Crippen LogP contribution < -0.4 is 5.32 Å². The Kier molecular flexibility index (Phi) is 1.98. The van der Waals surface area contributed by atoms with Crippen LogP contribution in [0.15, 0.2) is 18.2 Å². The Bertz CT molecular complexity index is 355. The molecule has 0 fully saturated rings. The fourth-order valence-electron chi connectivity index (χ4n) is 1.73. The van der Waals surface area contributed by atoms with E-state index in [4.69, 9.17) is 0 Å². The fourth-order valence-corrected chi connectivity index (χ4v) is 1.73. The van der Waals surface area contributed by atoms with Crippen LogP contribution in [0.4, 0.5) is 14.5 Å². The van der Waals surface area contributed by atoms with Crippen molar-refractivity contribution >= 4 is 5.69 Å². The van der Waals surface area contributed by atoms with Crippen LogP contribution in [0, 0.1) is 5.82 Å². The van der Waals surface area contributed by atoms with E-state index in [-0.39, 0.29) is 11.9 Å². The SMILES string of the molecule is CC(C)(F)C1Cc2ccc(F)cc2N1. The van der Waals surface area contributed by atoms with Gasteiger partial charge in [-0.1, -0.05) is 6.07 Å². The molecule has 0 aromatic heterocycles. The number of hydrogen-bond donors (Lipinski definition) is 1. The molecule has 0 saturated heterocycles. The monoisotopic (exact) mass is 197 g/mol. The van der Waals surface area contributed by atoms with Crippen LogP contribution >= 0.6 is 0 Å². The summed E-state index contributed by atoms with van der Waals surface area (Å²) in [6.45, 7) is 3.07. The molecule has 0 bridgehead atoms. The summed E-state index contributed by atoms with van der Waals surface area (Å²) in [6.07, 6.45) is 0.624. The maximum Gasteiger partial charge on any atom is 0.125 e. The molecule has 0 amide bonds. The maximum absolute atomic E-state index is 13.6. The Hall–Kier alpha value is -1.12. The van der Waals surface area contributed by atoms with Crippen LogP contribution in [0.1, 0.15) is 19.4 Å². The molecule has 1 heterocycles. The van der Waals surface area contributed by atoms with Gasteiger partial charge in [0.2, 0.25) is 0 Å². The second-order valence-electron chi connectivity index (χ2n) is 4.27. The molecule has 0 aliphatic carbocycles. The van der Waals surface area contributed by atoms with E-state index in [1.54, 1.807) is 6.07 Å². The number of fused-ring (bicyclic) bond motifs is 1. The van der Waals surface area contributed by atoms with Crippen molar-refractivity contribution in [3.63, 3.8) is 0 Å². The average Bonchev–Trinajstić information content (AvgIpc) is 2.45. The summed E-state index contributed by atoms with van der Waals surface area (Å²) in [5.74, 6) is -0.284. The molecule has 1 nitrogen and oxygen atoms in total. The molecule has 1 aromatic carbocycles. The number of anilines is 1. The van der Waals surface area contributed by atoms with Crippen LogP contribution in [-0.2, 0) is 6.42 Å². The molecule has 1 aliphatic rings. The van der Waals surface area contributed by atoms with E-state index in [1.807, 2.05) is 0 Å². The minimum atomic E-state index is -1.28. The van der Waals surface area contributed by atoms with Gasteiger partial charge in [-0.05, 0) is 38.0 Å². The molecule has 1 aliphatic heterocycles. The van der Waals surface area contributed by atoms with Gasteiger partial charge in [0.25, 0.3) is 0 Å². The van der Waals surface area contributed by atoms with E-state index in [1.165, 1.54) is 26.0 Å². The third-order valence-electron chi connectivity index (χ3n) is 2.65. The highest BCUT2D eigenvalue weighted by atomic mass is 19.1. The first kappa shape index (κ1) is 9.44. The third kappa shape index (κ3) is 1.59. The lowest BCUT2D eigenvalue weighted by atomic mass is 9.98. The van der Waals surface area contributed by atoms with Gasteiger partial charge in [0.05, 0.1) is 6.04 Å². The molecule has 14 heavy (non-hydrogen) atoms. The Morgan fingerprint density at radius 2 is 2.14 bits per heavy atom. The molecule has 1 atom stereocenters. The van der Waals surface area contributed by atoms with Crippen molar-refractivity contribution in [1.82, 2.24) is 0 Å². The average molecular weight is 197 g/mol. The lowest BCUT2D eigenvalue weighted by Crippen LogP contribution is -2.36. The Morgan fingerprint density at radius 1 is 1.43 bits per heavy atom. The zero-order valence-electron chi connectivity index (χ0n) is 8.27. The molecule has 1 N–H and O–H groups in total. The number of alkyl halides is 1. The van der Waals surface area contributed by atoms with Gasteiger partial charge in [-0.3, -0.25) is 0 Å². The van der Waals surface area contributed by atoms with Crippen molar-refractivity contribution in [2.75, 3.05) is 5.32 Å². The molecule has 1 aromatic rings. The van der Waals surface area contributed by atoms with Crippen LogP contribution in [0.2, 0.25) is 0 Å². The second-order valence-corrected chi connectivity index (χ2v) is 4.27. The van der Waals surface area contributed by atoms with Crippen LogP contribution in [-0.4, -0.2) is 11.7 Å². The smallest absolute Gasteiger partial charge is 0.125 e. The first-order valence-corrected chi connectivity index (χ1v) is 4.71. The maximum atomic E-state index is 13.6. The van der Waals surface area contributed by atoms with E-state index < -0.39 is 5.67 Å². The quantitative estimate of drug-likeness (QED) is 0.729. The topological polar surface area (TPSA) is 12.0 Å². The summed E-state index contributed by atoms with van der Waals surface area (Å²) in [6, 6.07) is 4.29. The highest BCUT2D eigenvalue weighted by Gasteiger charge is 2.34. The van der Waals surface area contributed by atoms with E-state index in [0.717, 1.165) is 11.3 Å². The first-order chi connectivity index (χ1) is 6.47. The van der Waals surface area contributed by atoms with Gasteiger partial charge >= 0.3 is 0 Å². The first-order valence-electron chi connectivity index (χ1n) is 4.71. The lowest BCUT2D eigenvalue weighted by Gasteiger charge is -2.22. The molecule has 0 radical (unpaired) electrons. The van der Waals surface area contributed by atoms with Crippen molar-refractivity contribution in [3.8, 4) is 0 Å². The number of nitrogens with one attached hydrogen (secondary N) is 1. The van der Waals surface area contributed by atoms with Crippen molar-refractivity contribution < 1.29 is 8.78 Å². The number of rotatable bonds is 1. The molecule has 0 spiro atoms. The molecule has 1 unspecified atom stereocenters. The zero-order chi connectivity index (χ0) is 10.3. The third-order valence-corrected chi connectivity index (χ3v) is 2.65. The summed E-state index contributed by atoms with van der Waals surface area (Å²) in [5.41, 5.74) is 0.429. The predicted octanol–water partition coefficient (Wildman–Crippen LogP) is 2.91. The highest BCUT2D eigenvalue weighted by molar-refractivity contribution is 5.57. The van der Waals surface area contributed by atoms with Crippen LogP contribution in [0.25, 0.3) is 0 Å². The largest absolute Gasteiger partial charge is 0.378 e. The van der Waals surface area contributed by atoms with Gasteiger partial charge in [-0.2, -0.15) is 0 Å². The van der Waals surface area contributed by atoms with Crippen molar-refractivity contribution in [2.45, 2.75) is 32.0 Å². The van der Waals surface area contributed by atoms with Gasteiger partial charge in [0, 0.05) is 5.69 Å². The Morgan fingerprint density at radius 3 is 2.79 bits per heavy atom. The van der Waals surface area contributed by atoms with Gasteiger partial charge in [0.1, 0.15) is 11.5 Å². The lowest BCUT2D eigenvalue weighted by molar-refractivity contribution is 0.187. The van der Waals surface area contributed by atoms with Gasteiger partial charge in [-0.15, -0.1) is 0 Å². The van der Waals surface area contributed by atoms with Crippen molar-refractivity contribution in [3.05, 3.63) is 29.6 Å². The molecule has 3 heteroatoms. The van der Waals surface area contributed by atoms with E-state index in [2.05, 4.69) is 5.32 Å². The van der Waals surface area contributed by atoms with Crippen LogP contribution in [0.5, 0.6) is 0 Å². The Labute approximate surface area is 82.1 Å². The predicted molar refractivity (Wildman–Crippen MR) is 52.7 cm³/mol. The van der Waals surface area contributed by atoms with Gasteiger partial charge in [-0.25, -0.2) is 8.78 Å². The van der Waals surface area contributed by atoms with E-state index in [9.17, 15) is 8.78 Å². The number of hydrogen-bond acceptors (Lipinski definition) is 1. The van der Waals surface area contributed by atoms with Crippen molar-refractivity contribution in [1.29, 1.82) is 0 Å². The van der Waals surface area contributed by atoms with Gasteiger partial charge < -0.3 is 5.32 Å². The summed E-state index contributed by atoms with van der Waals surface area (Å²) in [5, 5.41) is 3.00. The summed E-state index contributed by atoms with van der Waals surface area (Å²) in [4.78, 5) is 0. The van der Waals surface area contributed by atoms with Crippen LogP contribution in [0.3, 0.4) is 0 Å². The molecular weight excluding hydrogens is 184 g/mol. The highest BCUT2D eigenvalue weighted by Crippen LogP contribution is 2.32. The Balaban J connectivity index is 2.26. The van der Waals surface area contributed by atoms with E-state index in [0.29, 0.717) is 6.42 Å². The minimum absolute atomic E-state index is 0.251. The molecular formula is C11H13F2N. The number of benzene rings is 1. The van der Waals surface area contributed by atoms with E-state index >= 15 is 0 Å². The standard InChI is InChI=1S/C11H13F2N/c1-11(2,13)10-5-7-3-4-8(12)6-9(7)14-10/h3-4,6,10,14H,5H2,1-2H3. The number of halogens is 2. The fraction of sp³-hybridized carbons (Fsp3) is 0.455. The second kappa shape index (κ2) is 2.94. The summed E-state index contributed by atoms with van der Waals surface area (Å²) < 4.78 is 26.5. The summed E-state index contributed by atoms with van der Waals surface area (Å²) >= 11 is 0. The molecule has 0 saturated carbocycles.